The summed E-state index contributed by atoms with van der Waals surface area (Å²) in [5, 5.41) is 10.0. The van der Waals surface area contributed by atoms with E-state index in [1.165, 1.54) is 0 Å². The highest BCUT2D eigenvalue weighted by atomic mass is 16.5. The molecule has 146 valence electrons. The largest absolute Gasteiger partial charge is 0.488 e. The van der Waals surface area contributed by atoms with E-state index in [1.54, 1.807) is 0 Å². The molecule has 2 heterocycles. The smallest absolute Gasteiger partial charge is 0.161 e. The Morgan fingerprint density at radius 1 is 1.12 bits per heavy atom. The summed E-state index contributed by atoms with van der Waals surface area (Å²) in [4.78, 5) is 4.82. The van der Waals surface area contributed by atoms with Crippen molar-refractivity contribution in [3.63, 3.8) is 0 Å². The summed E-state index contributed by atoms with van der Waals surface area (Å²) < 4.78 is 17.2. The molecule has 1 aromatic carbocycles. The number of aliphatic hydroxyl groups excluding tert-OH is 1. The molecule has 0 radical (unpaired) electrons. The Hall–Kier alpha value is -1.34. The lowest BCUT2D eigenvalue weighted by molar-refractivity contribution is 0.0834. The number of para-hydroxylation sites is 2. The molecule has 0 spiro atoms. The molecule has 26 heavy (non-hydrogen) atoms. The van der Waals surface area contributed by atoms with E-state index in [9.17, 15) is 5.11 Å². The zero-order chi connectivity index (χ0) is 18.4. The Labute approximate surface area is 156 Å². The SMILES string of the molecule is CC(C)Oc1ccccc1OCCN1CCCN([C@@H]2COC[C@H]2O)CC1. The van der Waals surface area contributed by atoms with Gasteiger partial charge in [0.2, 0.25) is 0 Å². The topological polar surface area (TPSA) is 54.4 Å². The van der Waals surface area contributed by atoms with Crippen LogP contribution >= 0.6 is 0 Å². The number of aliphatic hydroxyl groups is 1. The third kappa shape index (κ3) is 5.33. The average molecular weight is 364 g/mol. The van der Waals surface area contributed by atoms with E-state index in [0.717, 1.165) is 50.6 Å². The first kappa shape index (κ1) is 19.4. The maximum Gasteiger partial charge on any atom is 0.161 e. The molecule has 0 saturated carbocycles. The molecule has 2 saturated heterocycles. The molecule has 0 amide bonds. The van der Waals surface area contributed by atoms with Crippen LogP contribution in [0.25, 0.3) is 0 Å². The van der Waals surface area contributed by atoms with Crippen LogP contribution in [0.5, 0.6) is 11.5 Å². The minimum absolute atomic E-state index is 0.131. The Morgan fingerprint density at radius 2 is 1.92 bits per heavy atom. The zero-order valence-electron chi connectivity index (χ0n) is 16.0. The molecule has 6 nitrogen and oxygen atoms in total. The molecule has 0 aliphatic carbocycles. The minimum Gasteiger partial charge on any atom is -0.488 e. The van der Waals surface area contributed by atoms with Crippen LogP contribution in [0.2, 0.25) is 0 Å². The molecule has 1 aromatic rings. The third-order valence-corrected chi connectivity index (χ3v) is 4.99. The van der Waals surface area contributed by atoms with Gasteiger partial charge in [0.15, 0.2) is 11.5 Å². The molecule has 2 atom stereocenters. The van der Waals surface area contributed by atoms with Gasteiger partial charge in [0.05, 0.1) is 31.5 Å². The zero-order valence-corrected chi connectivity index (χ0v) is 16.0. The van der Waals surface area contributed by atoms with Gasteiger partial charge in [-0.25, -0.2) is 0 Å². The first-order valence-electron chi connectivity index (χ1n) is 9.74. The van der Waals surface area contributed by atoms with Crippen LogP contribution in [0, 0.1) is 0 Å². The lowest BCUT2D eigenvalue weighted by Gasteiger charge is -2.28. The second kappa shape index (κ2) is 9.55. The molecular weight excluding hydrogens is 332 g/mol. The van der Waals surface area contributed by atoms with Crippen molar-refractivity contribution in [2.75, 3.05) is 52.5 Å². The molecule has 2 aliphatic rings. The Morgan fingerprint density at radius 3 is 2.65 bits per heavy atom. The highest BCUT2D eigenvalue weighted by molar-refractivity contribution is 5.39. The van der Waals surface area contributed by atoms with Crippen LogP contribution in [-0.4, -0.2) is 85.7 Å². The number of rotatable bonds is 7. The van der Waals surface area contributed by atoms with Crippen LogP contribution in [0.1, 0.15) is 20.3 Å². The average Bonchev–Trinajstić information content (AvgIpc) is 2.90. The lowest BCUT2D eigenvalue weighted by atomic mass is 10.2. The fraction of sp³-hybridized carbons (Fsp3) is 0.700. The fourth-order valence-corrected chi connectivity index (χ4v) is 3.63. The van der Waals surface area contributed by atoms with Crippen molar-refractivity contribution >= 4 is 0 Å². The van der Waals surface area contributed by atoms with Crippen LogP contribution in [-0.2, 0) is 4.74 Å². The highest BCUT2D eigenvalue weighted by Crippen LogP contribution is 2.27. The van der Waals surface area contributed by atoms with Gasteiger partial charge in [0.1, 0.15) is 6.61 Å². The second-order valence-electron chi connectivity index (χ2n) is 7.37. The number of benzene rings is 1. The van der Waals surface area contributed by atoms with Gasteiger partial charge in [-0.05, 0) is 45.5 Å². The van der Waals surface area contributed by atoms with Gasteiger partial charge in [0.25, 0.3) is 0 Å². The quantitative estimate of drug-likeness (QED) is 0.794. The van der Waals surface area contributed by atoms with Crippen LogP contribution < -0.4 is 9.47 Å². The standard InChI is InChI=1S/C20H32N2O4/c1-16(2)26-20-7-4-3-6-19(20)25-13-12-21-8-5-9-22(11-10-21)17-14-24-15-18(17)23/h3-4,6-7,16-18,23H,5,8-15H2,1-2H3/t17-,18-/m1/s1. The first-order chi connectivity index (χ1) is 12.6. The van der Waals surface area contributed by atoms with Gasteiger partial charge >= 0.3 is 0 Å². The predicted molar refractivity (Wildman–Crippen MR) is 101 cm³/mol. The maximum atomic E-state index is 10.0. The van der Waals surface area contributed by atoms with E-state index in [4.69, 9.17) is 14.2 Å². The molecular formula is C20H32N2O4. The van der Waals surface area contributed by atoms with Crippen molar-refractivity contribution in [1.82, 2.24) is 9.80 Å². The minimum atomic E-state index is -0.345. The van der Waals surface area contributed by atoms with Gasteiger partial charge in [-0.2, -0.15) is 0 Å². The van der Waals surface area contributed by atoms with Crippen molar-refractivity contribution in [1.29, 1.82) is 0 Å². The third-order valence-electron chi connectivity index (χ3n) is 4.99. The number of ether oxygens (including phenoxy) is 3. The van der Waals surface area contributed by atoms with E-state index in [0.29, 0.717) is 19.8 Å². The maximum absolute atomic E-state index is 10.0. The highest BCUT2D eigenvalue weighted by Gasteiger charge is 2.32. The summed E-state index contributed by atoms with van der Waals surface area (Å²) in [6, 6.07) is 8.01. The second-order valence-corrected chi connectivity index (χ2v) is 7.37. The Balaban J connectivity index is 1.44. The van der Waals surface area contributed by atoms with Crippen molar-refractivity contribution in [2.24, 2.45) is 0 Å². The summed E-state index contributed by atoms with van der Waals surface area (Å²) in [5.41, 5.74) is 0. The van der Waals surface area contributed by atoms with E-state index < -0.39 is 0 Å². The van der Waals surface area contributed by atoms with Crippen LogP contribution in [0.4, 0.5) is 0 Å². The normalized spacial score (nSPS) is 25.4. The first-order valence-corrected chi connectivity index (χ1v) is 9.74. The molecule has 3 rings (SSSR count). The van der Waals surface area contributed by atoms with Crippen molar-refractivity contribution in [3.05, 3.63) is 24.3 Å². The molecule has 0 bridgehead atoms. The molecule has 1 N–H and O–H groups in total. The predicted octanol–water partition coefficient (Wildman–Crippen LogP) is 1.62. The van der Waals surface area contributed by atoms with Gasteiger partial charge in [-0.15, -0.1) is 0 Å². The van der Waals surface area contributed by atoms with Gasteiger partial charge < -0.3 is 19.3 Å². The van der Waals surface area contributed by atoms with E-state index >= 15 is 0 Å². The van der Waals surface area contributed by atoms with Gasteiger partial charge in [-0.3, -0.25) is 9.80 Å². The molecule has 0 aromatic heterocycles. The summed E-state index contributed by atoms with van der Waals surface area (Å²) in [7, 11) is 0. The monoisotopic (exact) mass is 364 g/mol. The number of hydrogen-bond donors (Lipinski definition) is 1. The van der Waals surface area contributed by atoms with Crippen molar-refractivity contribution in [3.8, 4) is 11.5 Å². The number of hydrogen-bond acceptors (Lipinski definition) is 6. The van der Waals surface area contributed by atoms with Crippen LogP contribution in [0.15, 0.2) is 24.3 Å². The molecule has 6 heteroatoms. The summed E-state index contributed by atoms with van der Waals surface area (Å²) in [5.74, 6) is 1.61. The van der Waals surface area contributed by atoms with Crippen molar-refractivity contribution < 1.29 is 19.3 Å². The summed E-state index contributed by atoms with van der Waals surface area (Å²) in [6.45, 7) is 10.8. The van der Waals surface area contributed by atoms with Gasteiger partial charge in [-0.1, -0.05) is 12.1 Å². The molecule has 2 fully saturated rings. The molecule has 2 aliphatic heterocycles. The van der Waals surface area contributed by atoms with E-state index in [-0.39, 0.29) is 18.2 Å². The summed E-state index contributed by atoms with van der Waals surface area (Å²) >= 11 is 0. The van der Waals surface area contributed by atoms with Crippen LogP contribution in [0.3, 0.4) is 0 Å². The van der Waals surface area contributed by atoms with E-state index in [1.807, 2.05) is 38.1 Å². The lowest BCUT2D eigenvalue weighted by Crippen LogP contribution is -2.45. The number of nitrogens with zero attached hydrogens (tertiary/aromatic N) is 2. The van der Waals surface area contributed by atoms with Gasteiger partial charge in [0, 0.05) is 19.6 Å². The fourth-order valence-electron chi connectivity index (χ4n) is 3.63. The summed E-state index contributed by atoms with van der Waals surface area (Å²) in [6.07, 6.45) is 0.893. The van der Waals surface area contributed by atoms with Crippen molar-refractivity contribution in [2.45, 2.75) is 38.5 Å². The molecule has 0 unspecified atom stereocenters. The van der Waals surface area contributed by atoms with E-state index in [2.05, 4.69) is 9.80 Å². The Bertz CT molecular complexity index is 554. The Kier molecular flexibility index (Phi) is 7.14.